The number of halogens is 3. The van der Waals surface area contributed by atoms with Crippen molar-refractivity contribution in [2.45, 2.75) is 57.7 Å². The molecule has 4 rings (SSSR count). The molecule has 2 saturated heterocycles. The average Bonchev–Trinajstić information content (AvgIpc) is 2.96. The third-order valence-corrected chi connectivity index (χ3v) is 8.68. The van der Waals surface area contributed by atoms with E-state index in [-0.39, 0.29) is 31.4 Å². The maximum absolute atomic E-state index is 14.2. The molecule has 1 unspecified atom stereocenters. The SMILES string of the molecule is CCOc1cccc(C(O)(C(=O)N2CCC(CC3CCN(c4ccc(C(=O)N(C)C)c(C)c4)CC3)CC2)C(F)(F)F)c1. The molecule has 0 aromatic heterocycles. The number of likely N-dealkylation sites (tertiary alicyclic amines) is 1. The molecular formula is C32H42F3N3O4. The van der Waals surface area contributed by atoms with E-state index in [0.717, 1.165) is 60.6 Å². The summed E-state index contributed by atoms with van der Waals surface area (Å²) >= 11 is 0. The van der Waals surface area contributed by atoms with Crippen LogP contribution in [0.3, 0.4) is 0 Å². The summed E-state index contributed by atoms with van der Waals surface area (Å²) < 4.78 is 47.9. The van der Waals surface area contributed by atoms with Crippen LogP contribution in [0.25, 0.3) is 0 Å². The predicted octanol–water partition coefficient (Wildman–Crippen LogP) is 5.39. The number of alkyl halides is 3. The van der Waals surface area contributed by atoms with E-state index in [1.165, 1.54) is 12.1 Å². The molecule has 1 N–H and O–H groups in total. The van der Waals surface area contributed by atoms with Crippen LogP contribution in [-0.4, -0.2) is 79.8 Å². The maximum Gasteiger partial charge on any atom is 0.430 e. The Labute approximate surface area is 246 Å². The molecule has 0 bridgehead atoms. The van der Waals surface area contributed by atoms with Crippen LogP contribution in [0, 0.1) is 18.8 Å². The van der Waals surface area contributed by atoms with Crippen molar-refractivity contribution in [3.8, 4) is 5.75 Å². The molecular weight excluding hydrogens is 547 g/mol. The lowest BCUT2D eigenvalue weighted by atomic mass is 9.82. The van der Waals surface area contributed by atoms with E-state index in [1.54, 1.807) is 25.9 Å². The minimum absolute atomic E-state index is 0.00984. The van der Waals surface area contributed by atoms with Gasteiger partial charge in [-0.3, -0.25) is 9.59 Å². The summed E-state index contributed by atoms with van der Waals surface area (Å²) in [6.45, 7) is 6.09. The number of piperidine rings is 2. The lowest BCUT2D eigenvalue weighted by molar-refractivity contribution is -0.262. The number of aryl methyl sites for hydroxylation is 1. The van der Waals surface area contributed by atoms with Crippen molar-refractivity contribution in [1.29, 1.82) is 0 Å². The van der Waals surface area contributed by atoms with Crippen LogP contribution in [0.4, 0.5) is 18.9 Å². The lowest BCUT2D eigenvalue weighted by Gasteiger charge is -2.40. The minimum Gasteiger partial charge on any atom is -0.494 e. The van der Waals surface area contributed by atoms with Crippen molar-refractivity contribution in [1.82, 2.24) is 9.80 Å². The summed E-state index contributed by atoms with van der Waals surface area (Å²) in [5.74, 6) is -0.336. The zero-order valence-electron chi connectivity index (χ0n) is 24.9. The van der Waals surface area contributed by atoms with Crippen LogP contribution in [0.1, 0.15) is 60.5 Å². The van der Waals surface area contributed by atoms with Crippen molar-refractivity contribution in [3.05, 3.63) is 59.2 Å². The van der Waals surface area contributed by atoms with Gasteiger partial charge >= 0.3 is 6.18 Å². The smallest absolute Gasteiger partial charge is 0.430 e. The van der Waals surface area contributed by atoms with Gasteiger partial charge in [-0.15, -0.1) is 0 Å². The van der Waals surface area contributed by atoms with E-state index in [9.17, 15) is 27.9 Å². The zero-order valence-corrected chi connectivity index (χ0v) is 24.9. The number of ether oxygens (including phenoxy) is 1. The van der Waals surface area contributed by atoms with Crippen LogP contribution in [-0.2, 0) is 10.4 Å². The van der Waals surface area contributed by atoms with Crippen LogP contribution < -0.4 is 9.64 Å². The number of amides is 2. The van der Waals surface area contributed by atoms with Crippen molar-refractivity contribution in [3.63, 3.8) is 0 Å². The van der Waals surface area contributed by atoms with E-state index >= 15 is 0 Å². The molecule has 42 heavy (non-hydrogen) atoms. The summed E-state index contributed by atoms with van der Waals surface area (Å²) in [4.78, 5) is 30.6. The first kappa shape index (κ1) is 31.7. The normalized spacial score (nSPS) is 18.5. The second-order valence-corrected chi connectivity index (χ2v) is 11.8. The number of rotatable bonds is 8. The second kappa shape index (κ2) is 12.9. The Morgan fingerprint density at radius 3 is 2.14 bits per heavy atom. The van der Waals surface area contributed by atoms with E-state index in [4.69, 9.17) is 4.74 Å². The molecule has 2 aliphatic rings. The Morgan fingerprint density at radius 2 is 1.60 bits per heavy atom. The maximum atomic E-state index is 14.2. The van der Waals surface area contributed by atoms with E-state index in [0.29, 0.717) is 30.2 Å². The molecule has 7 nitrogen and oxygen atoms in total. The molecule has 1 atom stereocenters. The van der Waals surface area contributed by atoms with Gasteiger partial charge in [0, 0.05) is 57.1 Å². The average molecular weight is 590 g/mol. The second-order valence-electron chi connectivity index (χ2n) is 11.8. The molecule has 2 amide bonds. The van der Waals surface area contributed by atoms with Gasteiger partial charge in [0.25, 0.3) is 17.4 Å². The Balaban J connectivity index is 1.31. The van der Waals surface area contributed by atoms with Gasteiger partial charge in [-0.05, 0) is 93.7 Å². The highest BCUT2D eigenvalue weighted by Gasteiger charge is 2.62. The van der Waals surface area contributed by atoms with Gasteiger partial charge in [0.2, 0.25) is 0 Å². The van der Waals surface area contributed by atoms with Gasteiger partial charge in [0.1, 0.15) is 5.75 Å². The summed E-state index contributed by atoms with van der Waals surface area (Å²) in [6.07, 6.45) is -0.953. The van der Waals surface area contributed by atoms with Gasteiger partial charge in [0.05, 0.1) is 6.61 Å². The number of carbonyl (C=O) groups is 2. The van der Waals surface area contributed by atoms with Gasteiger partial charge in [-0.2, -0.15) is 13.2 Å². The number of hydrogen-bond donors (Lipinski definition) is 1. The first-order chi connectivity index (χ1) is 19.8. The third-order valence-electron chi connectivity index (χ3n) is 8.68. The lowest BCUT2D eigenvalue weighted by Crippen LogP contribution is -2.57. The summed E-state index contributed by atoms with van der Waals surface area (Å²) in [5, 5.41) is 10.9. The quantitative estimate of drug-likeness (QED) is 0.447. The first-order valence-electron chi connectivity index (χ1n) is 14.7. The fourth-order valence-electron chi connectivity index (χ4n) is 6.21. The molecule has 230 valence electrons. The van der Waals surface area contributed by atoms with Gasteiger partial charge in [0.15, 0.2) is 0 Å². The molecule has 0 aliphatic carbocycles. The molecule has 2 aliphatic heterocycles. The number of nitrogens with zero attached hydrogens (tertiary/aromatic N) is 3. The fourth-order valence-corrected chi connectivity index (χ4v) is 6.21. The van der Waals surface area contributed by atoms with Gasteiger partial charge < -0.3 is 24.5 Å². The summed E-state index contributed by atoms with van der Waals surface area (Å²) in [6, 6.07) is 11.0. The number of aliphatic hydroxyl groups is 1. The molecule has 2 aromatic carbocycles. The predicted molar refractivity (Wildman–Crippen MR) is 156 cm³/mol. The zero-order chi connectivity index (χ0) is 30.7. The highest BCUT2D eigenvalue weighted by molar-refractivity contribution is 5.95. The first-order valence-corrected chi connectivity index (χ1v) is 14.7. The number of hydrogen-bond acceptors (Lipinski definition) is 5. The highest BCUT2D eigenvalue weighted by Crippen LogP contribution is 2.42. The Hall–Kier alpha value is -3.27. The number of benzene rings is 2. The molecule has 10 heteroatoms. The van der Waals surface area contributed by atoms with Gasteiger partial charge in [-0.25, -0.2) is 0 Å². The van der Waals surface area contributed by atoms with Crippen LogP contribution >= 0.6 is 0 Å². The highest BCUT2D eigenvalue weighted by atomic mass is 19.4. The molecule has 0 spiro atoms. The Morgan fingerprint density at radius 1 is 0.976 bits per heavy atom. The monoisotopic (exact) mass is 589 g/mol. The van der Waals surface area contributed by atoms with E-state index in [1.807, 2.05) is 19.1 Å². The van der Waals surface area contributed by atoms with Gasteiger partial charge in [-0.1, -0.05) is 12.1 Å². The Kier molecular flexibility index (Phi) is 9.75. The van der Waals surface area contributed by atoms with Crippen molar-refractivity contribution >= 4 is 17.5 Å². The van der Waals surface area contributed by atoms with Crippen molar-refractivity contribution in [2.75, 3.05) is 51.8 Å². The fraction of sp³-hybridized carbons (Fsp3) is 0.562. The molecule has 2 aromatic rings. The number of carbonyl (C=O) groups excluding carboxylic acids is 2. The third kappa shape index (κ3) is 6.69. The summed E-state index contributed by atoms with van der Waals surface area (Å²) in [7, 11) is 3.49. The molecule has 0 saturated carbocycles. The Bertz CT molecular complexity index is 1250. The largest absolute Gasteiger partial charge is 0.494 e. The van der Waals surface area contributed by atoms with Crippen LogP contribution in [0.5, 0.6) is 5.75 Å². The molecule has 0 radical (unpaired) electrons. The minimum atomic E-state index is -5.18. The molecule has 2 fully saturated rings. The molecule has 2 heterocycles. The van der Waals surface area contributed by atoms with Crippen molar-refractivity contribution < 1.29 is 32.6 Å². The van der Waals surface area contributed by atoms with E-state index in [2.05, 4.69) is 11.0 Å². The standard InChI is InChI=1S/C32H42F3N3O4/c1-5-42-27-8-6-7-25(21-27)31(41,32(33,34)35)30(40)38-17-13-24(14-18-38)20-23-11-15-37(16-12-23)26-9-10-28(22(2)19-26)29(39)36(3)4/h6-10,19,21,23-24,41H,5,11-18,20H2,1-4H3. The van der Waals surface area contributed by atoms with Crippen LogP contribution in [0.2, 0.25) is 0 Å². The number of anilines is 1. The van der Waals surface area contributed by atoms with Crippen molar-refractivity contribution in [2.24, 2.45) is 11.8 Å². The van der Waals surface area contributed by atoms with Crippen LogP contribution in [0.15, 0.2) is 42.5 Å². The topological polar surface area (TPSA) is 73.3 Å². The summed E-state index contributed by atoms with van der Waals surface area (Å²) in [5.41, 5.74) is -1.40. The van der Waals surface area contributed by atoms with E-state index < -0.39 is 23.2 Å².